The molecule has 0 bridgehead atoms. The van der Waals surface area contributed by atoms with Gasteiger partial charge in [-0.25, -0.2) is 17.3 Å². The molecule has 2 aromatic carbocycles. The molecule has 0 fully saturated rings. The summed E-state index contributed by atoms with van der Waals surface area (Å²) in [6, 6.07) is 17.2. The van der Waals surface area contributed by atoms with Gasteiger partial charge in [-0.1, -0.05) is 45.3 Å². The van der Waals surface area contributed by atoms with Crippen LogP contribution in [0.25, 0.3) is 0 Å². The second kappa shape index (κ2) is 14.6. The molecule has 0 saturated heterocycles. The molecular weight excluding hydrogens is 490 g/mol. The van der Waals surface area contributed by atoms with Crippen molar-refractivity contribution in [3.63, 3.8) is 0 Å². The van der Waals surface area contributed by atoms with E-state index in [0.29, 0.717) is 0 Å². The van der Waals surface area contributed by atoms with Crippen LogP contribution in [0.15, 0.2) is 65.9 Å². The molecule has 156 valence electrons. The van der Waals surface area contributed by atoms with E-state index in [9.17, 15) is 0 Å². The minimum absolute atomic E-state index is 0. The minimum atomic E-state index is -0.981. The molecule has 0 heterocycles. The summed E-state index contributed by atoms with van der Waals surface area (Å²) in [5.41, 5.74) is 4.57. The van der Waals surface area contributed by atoms with Crippen molar-refractivity contribution in [3.8, 4) is 0 Å². The van der Waals surface area contributed by atoms with Gasteiger partial charge in [0.25, 0.3) is 0 Å². The molecule has 4 heteroatoms. The van der Waals surface area contributed by atoms with Gasteiger partial charge in [0, 0.05) is 0 Å². The number of fused-ring (bicyclic) bond motifs is 1. The first-order valence-electron chi connectivity index (χ1n) is 9.99. The van der Waals surface area contributed by atoms with E-state index in [0.717, 1.165) is 6.42 Å². The summed E-state index contributed by atoms with van der Waals surface area (Å²) >= 11 is 1.51. The maximum absolute atomic E-state index is 3.20. The summed E-state index contributed by atoms with van der Waals surface area (Å²) in [5, 5.41) is 1.56. The average Bonchev–Trinajstić information content (AvgIpc) is 3.35. The maximum Gasteiger partial charge on any atom is -0.0114 e. The molecule has 29 heavy (non-hydrogen) atoms. The normalized spacial score (nSPS) is 13.9. The number of hydrogen-bond acceptors (Lipinski definition) is 0. The topological polar surface area (TPSA) is 0 Å². The predicted octanol–water partition coefficient (Wildman–Crippen LogP) is 0.619. The zero-order chi connectivity index (χ0) is 19.7. The van der Waals surface area contributed by atoms with Crippen LogP contribution in [0.5, 0.6) is 0 Å². The van der Waals surface area contributed by atoms with Gasteiger partial charge in [0.15, 0.2) is 0 Å². The van der Waals surface area contributed by atoms with Crippen molar-refractivity contribution in [1.82, 2.24) is 0 Å². The fraction of sp³-hybridized carbons (Fsp3) is 0.360. The maximum atomic E-state index is 3.20. The number of hydrogen-bond donors (Lipinski definition) is 0. The molecule has 0 spiro atoms. The van der Waals surface area contributed by atoms with Crippen LogP contribution >= 0.6 is 0 Å². The van der Waals surface area contributed by atoms with Gasteiger partial charge in [0.1, 0.15) is 0 Å². The molecule has 0 aliphatic heterocycles. The van der Waals surface area contributed by atoms with Crippen LogP contribution in [0.4, 0.5) is 0 Å². The quantitative estimate of drug-likeness (QED) is 0.401. The van der Waals surface area contributed by atoms with Crippen molar-refractivity contribution in [2.24, 2.45) is 0 Å². The summed E-state index contributed by atoms with van der Waals surface area (Å²) < 4.78 is 1.46. The van der Waals surface area contributed by atoms with Gasteiger partial charge in [0.05, 0.1) is 0 Å². The second-order valence-corrected chi connectivity index (χ2v) is 15.2. The second-order valence-electron chi connectivity index (χ2n) is 8.24. The zero-order valence-corrected chi connectivity index (χ0v) is 23.0. The summed E-state index contributed by atoms with van der Waals surface area (Å²) in [6.07, 6.45) is 14.1. The average molecular weight is 523 g/mol. The Morgan fingerprint density at radius 3 is 2.10 bits per heavy atom. The molecular formula is C25H32Cl2SiZr-2. The summed E-state index contributed by atoms with van der Waals surface area (Å²) in [7, 11) is -0.981. The van der Waals surface area contributed by atoms with Crippen molar-refractivity contribution in [3.05, 3.63) is 88.6 Å². The Balaban J connectivity index is 0.000000392. The van der Waals surface area contributed by atoms with E-state index in [1.165, 1.54) is 58.7 Å². The molecule has 0 saturated carbocycles. The third-order valence-corrected chi connectivity index (χ3v) is 7.71. The Labute approximate surface area is 206 Å². The smallest absolute Gasteiger partial charge is 0.0114 e. The molecule has 2 aliphatic carbocycles. The number of aryl methyl sites for hydroxylation is 2. The third kappa shape index (κ3) is 10.5. The van der Waals surface area contributed by atoms with Crippen LogP contribution < -0.4 is 24.8 Å². The van der Waals surface area contributed by atoms with Gasteiger partial charge in [-0.05, 0) is 8.07 Å². The summed E-state index contributed by atoms with van der Waals surface area (Å²) in [4.78, 5) is 0. The van der Waals surface area contributed by atoms with Crippen LogP contribution in [0.3, 0.4) is 0 Å². The van der Waals surface area contributed by atoms with E-state index in [1.54, 1.807) is 16.3 Å². The Kier molecular flexibility index (Phi) is 14.4. The monoisotopic (exact) mass is 520 g/mol. The molecule has 0 N–H and O–H groups in total. The standard InChI is InChI=1S/C9H11.C8H13Si.C8H8.2ClH.Zr/c1-2-5-9-7-3-6-8(9)4-1;1-9(2,3)8-6-4-5-7-8;1-2-8-6-4-3-5-7-8;;;/h3,6-7H,1-2,4-5H2;6-7H,4H2,1-3H3;3-7H,1H3;2*1H;/q2*-1;;;;+2/p-2. The SMILES string of the molecule is C[C](=[Zr+2])c1ccccc1.C[Si](C)(C)C1=CC[C-]=C1.[Cl-].[Cl-].c1cc2c([cH-]1)CCCC2. The van der Waals surface area contributed by atoms with Gasteiger partial charge in [-0.15, -0.1) is 6.42 Å². The van der Waals surface area contributed by atoms with E-state index >= 15 is 0 Å². The molecule has 2 aliphatic rings. The molecule has 0 aromatic heterocycles. The molecule has 2 aromatic rings. The fourth-order valence-corrected chi connectivity index (χ4v) is 4.88. The minimum Gasteiger partial charge on any atom is -1.00 e. The first-order chi connectivity index (χ1) is 12.9. The Hall–Kier alpha value is -0.400. The largest absolute Gasteiger partial charge is 1.00 e. The number of halogens is 2. The number of benzene rings is 1. The third-order valence-electron chi connectivity index (χ3n) is 4.92. The van der Waals surface area contributed by atoms with Gasteiger partial charge in [-0.3, -0.25) is 6.08 Å². The van der Waals surface area contributed by atoms with Crippen LogP contribution in [0.2, 0.25) is 19.6 Å². The molecule has 0 amide bonds. The molecule has 0 unspecified atom stereocenters. The van der Waals surface area contributed by atoms with Crippen LogP contribution in [-0.4, -0.2) is 11.3 Å². The first kappa shape index (κ1) is 28.6. The molecule has 0 atom stereocenters. The number of allylic oxidation sites excluding steroid dienone is 4. The van der Waals surface area contributed by atoms with E-state index < -0.39 is 8.07 Å². The van der Waals surface area contributed by atoms with Gasteiger partial charge in [0.2, 0.25) is 0 Å². The van der Waals surface area contributed by atoms with Crippen molar-refractivity contribution in [2.75, 3.05) is 0 Å². The molecule has 4 rings (SSSR count). The van der Waals surface area contributed by atoms with E-state index in [4.69, 9.17) is 0 Å². The van der Waals surface area contributed by atoms with Crippen molar-refractivity contribution >= 4 is 11.3 Å². The van der Waals surface area contributed by atoms with Gasteiger partial charge in [-0.2, -0.15) is 29.3 Å². The predicted molar refractivity (Wildman–Crippen MR) is 119 cm³/mol. The van der Waals surface area contributed by atoms with E-state index in [-0.39, 0.29) is 24.8 Å². The summed E-state index contributed by atoms with van der Waals surface area (Å²) in [6.45, 7) is 9.25. The van der Waals surface area contributed by atoms with Crippen molar-refractivity contribution in [1.29, 1.82) is 0 Å². The molecule has 0 radical (unpaired) electrons. The fourth-order valence-electron chi connectivity index (χ4n) is 3.22. The first-order valence-corrected chi connectivity index (χ1v) is 14.7. The molecule has 0 nitrogen and oxygen atoms in total. The van der Waals surface area contributed by atoms with E-state index in [2.05, 4.69) is 87.3 Å². The van der Waals surface area contributed by atoms with Crippen LogP contribution in [0.1, 0.15) is 42.9 Å². The van der Waals surface area contributed by atoms with Crippen molar-refractivity contribution < 1.29 is 49.0 Å². The van der Waals surface area contributed by atoms with Crippen molar-refractivity contribution in [2.45, 2.75) is 58.7 Å². The van der Waals surface area contributed by atoms with Crippen LogP contribution in [0, 0.1) is 6.08 Å². The van der Waals surface area contributed by atoms with Crippen LogP contribution in [-0.2, 0) is 37.1 Å². The summed E-state index contributed by atoms with van der Waals surface area (Å²) in [5.74, 6) is 0. The Bertz CT molecular complexity index is 762. The zero-order valence-electron chi connectivity index (χ0n) is 18.1. The Morgan fingerprint density at radius 1 is 1.00 bits per heavy atom. The number of rotatable bonds is 2. The van der Waals surface area contributed by atoms with E-state index in [1.807, 2.05) is 6.07 Å². The van der Waals surface area contributed by atoms with Gasteiger partial charge >= 0.3 is 70.3 Å². The Morgan fingerprint density at radius 2 is 1.66 bits per heavy atom. The van der Waals surface area contributed by atoms with Gasteiger partial charge < -0.3 is 24.8 Å².